The number of carbonyl (C=O) groups is 8. The summed E-state index contributed by atoms with van der Waals surface area (Å²) in [7, 11) is -3.40. The SMILES string of the molecule is CC(=O)N1CC[C@H]2CC[C@@H](C(=O)N[C@@H](CCC(N)=O)COc3cccc(CCCCCc4ccc5c(c4)n(C)c(=O)n5C4CCC(=O)NC4=O)c3Cl)N2C(=O)[C@@H](NC(=O)c2cc3cc(C(=O)P(=O)(O)O)ccc3s2)C1. The number of carbonyl (C=O) groups excluding carboxylic acids is 8. The third kappa shape index (κ3) is 12.4. The van der Waals surface area contributed by atoms with E-state index in [1.54, 1.807) is 13.1 Å². The smallest absolute Gasteiger partial charge is 0.396 e. The number of thiophene rings is 1. The lowest BCUT2D eigenvalue weighted by Crippen LogP contribution is -2.61. The predicted molar refractivity (Wildman–Crippen MR) is 277 cm³/mol. The number of primary amides is 1. The van der Waals surface area contributed by atoms with Crippen LogP contribution in [0.3, 0.4) is 0 Å². The van der Waals surface area contributed by atoms with Crippen LogP contribution in [0.5, 0.6) is 5.75 Å². The number of rotatable bonds is 19. The number of nitrogens with zero attached hydrogens (tertiary/aromatic N) is 4. The number of imide groups is 1. The van der Waals surface area contributed by atoms with Gasteiger partial charge >= 0.3 is 13.3 Å². The number of hydrogen-bond donors (Lipinski definition) is 6. The van der Waals surface area contributed by atoms with E-state index in [2.05, 4.69) is 16.0 Å². The quantitative estimate of drug-likeness (QED) is 0.0388. The van der Waals surface area contributed by atoms with Crippen LogP contribution in [0.2, 0.25) is 5.02 Å². The highest BCUT2D eigenvalue weighted by Crippen LogP contribution is 2.40. The normalized spacial score (nSPS) is 19.6. The number of imidazole rings is 1. The van der Waals surface area contributed by atoms with Crippen molar-refractivity contribution in [1.29, 1.82) is 0 Å². The first kappa shape index (κ1) is 54.5. The van der Waals surface area contributed by atoms with Gasteiger partial charge in [-0.1, -0.05) is 36.2 Å². The topological polar surface area (TPSA) is 299 Å². The molecule has 24 heteroatoms. The van der Waals surface area contributed by atoms with Gasteiger partial charge in [0.05, 0.1) is 27.0 Å². The van der Waals surface area contributed by atoms with Crippen LogP contribution in [0, 0.1) is 0 Å². The summed E-state index contributed by atoms with van der Waals surface area (Å²) in [5, 5.41) is 8.83. The number of hydrogen-bond acceptors (Lipinski definition) is 12. The van der Waals surface area contributed by atoms with Crippen molar-refractivity contribution in [2.24, 2.45) is 12.8 Å². The molecule has 0 bridgehead atoms. The highest BCUT2D eigenvalue weighted by molar-refractivity contribution is 7.70. The van der Waals surface area contributed by atoms with E-state index < -0.39 is 72.9 Å². The molecule has 0 aliphatic carbocycles. The number of nitrogens with one attached hydrogen (secondary N) is 3. The Morgan fingerprint density at radius 3 is 2.45 bits per heavy atom. The summed E-state index contributed by atoms with van der Waals surface area (Å²) in [4.78, 5) is 139. The molecule has 3 aliphatic heterocycles. The Morgan fingerprint density at radius 2 is 1.72 bits per heavy atom. The fourth-order valence-corrected chi connectivity index (χ4v) is 11.9. The fraction of sp³-hybridized carbons (Fsp3) is 0.431. The molecule has 21 nitrogen and oxygen atoms in total. The Morgan fingerprint density at radius 1 is 0.947 bits per heavy atom. The largest absolute Gasteiger partial charge is 0.490 e. The van der Waals surface area contributed by atoms with E-state index in [9.17, 15) is 57.5 Å². The van der Waals surface area contributed by atoms with Crippen LogP contribution >= 0.6 is 30.5 Å². The molecule has 5 heterocycles. The van der Waals surface area contributed by atoms with Crippen LogP contribution in [-0.4, -0.2) is 119 Å². The van der Waals surface area contributed by atoms with Gasteiger partial charge in [-0.25, -0.2) is 4.79 Å². The number of fused-ring (bicyclic) bond motifs is 3. The van der Waals surface area contributed by atoms with Crippen LogP contribution in [0.15, 0.2) is 65.5 Å². The van der Waals surface area contributed by atoms with Crippen LogP contribution in [0.1, 0.15) is 108 Å². The molecule has 2 aromatic heterocycles. The van der Waals surface area contributed by atoms with Gasteiger partial charge in [0.1, 0.15) is 30.5 Å². The average molecular weight is 1090 g/mol. The standard InChI is InChI=1S/C51H58ClN8O13PS/c1-28(61)58-22-21-34-14-16-37(59(34)49(67)35(26-58)55-48(66)42-25-32-24-31(12-18-41(32)75-42)50(68)74(70,71)72)46(64)54-33(13-19-43(53)62)27-73-40-10-6-9-30(45(40)52)8-5-3-4-7-29-11-15-36-39(23-29)57(2)51(69)60(36)38-17-20-44(63)56-47(38)65/h6,9-12,15,18,23-25,33-35,37-38H,3-5,7-8,13-14,16-17,19-22,26-27H2,1-2H3,(H2,53,62)(H,54,64)(H,55,66)(H,56,63,65)(H2,70,71,72)/t33-,34+,35-,37-,38?/m0/s1. The highest BCUT2D eigenvalue weighted by atomic mass is 35.5. The molecule has 0 radical (unpaired) electrons. The average Bonchev–Trinajstić information content (AvgIpc) is 4.08. The first-order valence-electron chi connectivity index (χ1n) is 24.7. The fourth-order valence-electron chi connectivity index (χ4n) is 10.2. The van der Waals surface area contributed by atoms with Crippen molar-refractivity contribution in [3.63, 3.8) is 0 Å². The van der Waals surface area contributed by atoms with E-state index in [-0.39, 0.29) is 79.7 Å². The van der Waals surface area contributed by atoms with Crippen LogP contribution in [-0.2, 0) is 53.2 Å². The van der Waals surface area contributed by atoms with Gasteiger partial charge in [0.25, 0.3) is 11.4 Å². The minimum absolute atomic E-state index is 0.0763. The van der Waals surface area contributed by atoms with E-state index in [1.807, 2.05) is 30.3 Å². The van der Waals surface area contributed by atoms with Crippen LogP contribution in [0.25, 0.3) is 21.1 Å². The summed E-state index contributed by atoms with van der Waals surface area (Å²) in [6.07, 6.45) is 5.48. The summed E-state index contributed by atoms with van der Waals surface area (Å²) in [5.74, 6) is -3.11. The number of unbranched alkanes of at least 4 members (excludes halogenated alkanes) is 2. The van der Waals surface area contributed by atoms with E-state index in [1.165, 1.54) is 50.1 Å². The summed E-state index contributed by atoms with van der Waals surface area (Å²) in [6.45, 7) is 1.36. The highest BCUT2D eigenvalue weighted by Gasteiger charge is 2.46. The number of aryl methyl sites for hydroxylation is 3. The van der Waals surface area contributed by atoms with E-state index in [0.717, 1.165) is 48.1 Å². The molecule has 75 heavy (non-hydrogen) atoms. The number of benzene rings is 3. The molecule has 3 aromatic carbocycles. The number of piperidine rings is 1. The van der Waals surface area contributed by atoms with E-state index in [4.69, 9.17) is 22.1 Å². The van der Waals surface area contributed by atoms with Gasteiger partial charge in [-0.05, 0) is 117 Å². The Kier molecular flexibility index (Phi) is 16.8. The van der Waals surface area contributed by atoms with Gasteiger partial charge in [-0.15, -0.1) is 11.3 Å². The molecule has 5 atom stereocenters. The first-order valence-corrected chi connectivity index (χ1v) is 27.5. The second kappa shape index (κ2) is 23.0. The lowest BCUT2D eigenvalue weighted by atomic mass is 10.0. The van der Waals surface area contributed by atoms with Gasteiger partial charge in [-0.2, -0.15) is 0 Å². The summed E-state index contributed by atoms with van der Waals surface area (Å²) in [5.41, 5.74) is 6.83. The second-order valence-electron chi connectivity index (χ2n) is 19.3. The van der Waals surface area contributed by atoms with Crippen molar-refractivity contribution in [3.05, 3.63) is 97.7 Å². The van der Waals surface area contributed by atoms with Crippen molar-refractivity contribution in [3.8, 4) is 5.75 Å². The monoisotopic (exact) mass is 1090 g/mol. The maximum absolute atomic E-state index is 14.6. The van der Waals surface area contributed by atoms with Crippen molar-refractivity contribution < 1.29 is 57.4 Å². The van der Waals surface area contributed by atoms with Gasteiger partial charge in [0.2, 0.25) is 35.4 Å². The lowest BCUT2D eigenvalue weighted by Gasteiger charge is -2.38. The Balaban J connectivity index is 0.883. The molecular formula is C51H58ClN8O13PS. The second-order valence-corrected chi connectivity index (χ2v) is 22.3. The zero-order valence-corrected chi connectivity index (χ0v) is 43.7. The maximum atomic E-state index is 14.6. The lowest BCUT2D eigenvalue weighted by molar-refractivity contribution is -0.145. The van der Waals surface area contributed by atoms with Crippen molar-refractivity contribution in [2.75, 3.05) is 19.7 Å². The van der Waals surface area contributed by atoms with Crippen LogP contribution in [0.4, 0.5) is 0 Å². The molecule has 3 fully saturated rings. The number of halogens is 1. The molecule has 5 aromatic rings. The minimum atomic E-state index is -5.06. The molecule has 398 valence electrons. The Bertz CT molecular complexity index is 3220. The molecule has 3 saturated heterocycles. The van der Waals surface area contributed by atoms with Crippen molar-refractivity contribution in [2.45, 2.75) is 114 Å². The molecule has 1 unspecified atom stereocenters. The molecule has 8 rings (SSSR count). The van der Waals surface area contributed by atoms with Crippen LogP contribution < -0.4 is 32.1 Å². The molecule has 0 spiro atoms. The molecule has 7 N–H and O–H groups in total. The summed E-state index contributed by atoms with van der Waals surface area (Å²) in [6, 6.07) is 12.4. The molecule has 3 aliphatic rings. The molecule has 0 saturated carbocycles. The Labute approximate surface area is 439 Å². The zero-order valence-electron chi connectivity index (χ0n) is 41.3. The van der Waals surface area contributed by atoms with E-state index >= 15 is 0 Å². The third-order valence-corrected chi connectivity index (χ3v) is 16.5. The van der Waals surface area contributed by atoms with Crippen molar-refractivity contribution in [1.82, 2.24) is 34.9 Å². The third-order valence-electron chi connectivity index (χ3n) is 14.2. The van der Waals surface area contributed by atoms with Crippen molar-refractivity contribution >= 4 is 98.5 Å². The van der Waals surface area contributed by atoms with E-state index in [0.29, 0.717) is 51.2 Å². The summed E-state index contributed by atoms with van der Waals surface area (Å²) >= 11 is 7.92. The maximum Gasteiger partial charge on any atom is 0.396 e. The first-order chi connectivity index (χ1) is 35.7. The number of nitrogens with two attached hydrogens (primary N) is 1. The zero-order chi connectivity index (χ0) is 53.9. The Hall–Kier alpha value is -6.71. The van der Waals surface area contributed by atoms with Gasteiger partial charge in [-0.3, -0.25) is 57.4 Å². The number of ether oxygens (including phenoxy) is 1. The molecular weight excluding hydrogens is 1030 g/mol. The minimum Gasteiger partial charge on any atom is -0.490 e. The van der Waals surface area contributed by atoms with Gasteiger partial charge in [0, 0.05) is 56.2 Å². The number of amides is 7. The van der Waals surface area contributed by atoms with Gasteiger partial charge in [0.15, 0.2) is 0 Å². The summed E-state index contributed by atoms with van der Waals surface area (Å²) < 4.78 is 21.3. The number of aromatic nitrogens is 2. The van der Waals surface area contributed by atoms with Gasteiger partial charge < -0.3 is 40.7 Å². The molecule has 7 amide bonds. The predicted octanol–water partition coefficient (Wildman–Crippen LogP) is 4.00.